The zero-order valence-corrected chi connectivity index (χ0v) is 13.3. The van der Waals surface area contributed by atoms with E-state index in [0.717, 1.165) is 25.4 Å². The van der Waals surface area contributed by atoms with Crippen molar-refractivity contribution >= 4 is 5.97 Å². The first-order valence-electron chi connectivity index (χ1n) is 7.66. The fraction of sp³-hybridized carbons (Fsp3) is 0.933. The highest BCUT2D eigenvalue weighted by molar-refractivity contribution is 5.78. The van der Waals surface area contributed by atoms with Crippen LogP contribution < -0.4 is 5.32 Å². The Labute approximate surface area is 122 Å². The molecule has 1 rings (SSSR count). The lowest BCUT2D eigenvalue weighted by molar-refractivity contribution is -0.145. The van der Waals surface area contributed by atoms with Crippen molar-refractivity contribution in [1.82, 2.24) is 10.2 Å². The summed E-state index contributed by atoms with van der Waals surface area (Å²) in [4.78, 5) is 13.9. The summed E-state index contributed by atoms with van der Waals surface area (Å²) in [5, 5.41) is 12.7. The van der Waals surface area contributed by atoms with Gasteiger partial charge < -0.3 is 15.2 Å². The van der Waals surface area contributed by atoms with Crippen LogP contribution in [0, 0.1) is 5.92 Å². The molecule has 20 heavy (non-hydrogen) atoms. The van der Waals surface area contributed by atoms with Crippen LogP contribution in [-0.2, 0) is 9.53 Å². The number of nitrogens with zero attached hydrogens (tertiary/aromatic N) is 1. The maximum atomic E-state index is 11.6. The molecule has 0 aromatic rings. The Balaban J connectivity index is 2.69. The van der Waals surface area contributed by atoms with Crippen molar-refractivity contribution in [3.63, 3.8) is 0 Å². The highest BCUT2D eigenvalue weighted by Crippen LogP contribution is 2.35. The summed E-state index contributed by atoms with van der Waals surface area (Å²) in [7, 11) is 1.69. The molecule has 2 unspecified atom stereocenters. The third-order valence-electron chi connectivity index (χ3n) is 4.22. The highest BCUT2D eigenvalue weighted by atomic mass is 16.5. The number of methoxy groups -OCH3 is 1. The Kier molecular flexibility index (Phi) is 6.92. The van der Waals surface area contributed by atoms with E-state index in [1.165, 1.54) is 12.8 Å². The topological polar surface area (TPSA) is 61.8 Å². The maximum absolute atomic E-state index is 11.6. The Morgan fingerprint density at radius 2 is 2.20 bits per heavy atom. The first-order valence-corrected chi connectivity index (χ1v) is 7.66. The van der Waals surface area contributed by atoms with Crippen LogP contribution >= 0.6 is 0 Å². The van der Waals surface area contributed by atoms with E-state index in [1.807, 2.05) is 6.92 Å². The first kappa shape index (κ1) is 17.4. The summed E-state index contributed by atoms with van der Waals surface area (Å²) in [5.41, 5.74) is -0.896. The van der Waals surface area contributed by atoms with Crippen molar-refractivity contribution in [1.29, 1.82) is 0 Å². The minimum absolute atomic E-state index is 0.423. The van der Waals surface area contributed by atoms with Crippen molar-refractivity contribution in [3.05, 3.63) is 0 Å². The van der Waals surface area contributed by atoms with Gasteiger partial charge in [-0.15, -0.1) is 0 Å². The van der Waals surface area contributed by atoms with E-state index >= 15 is 0 Å². The predicted octanol–water partition coefficient (Wildman–Crippen LogP) is 1.58. The molecule has 0 aromatic carbocycles. The van der Waals surface area contributed by atoms with E-state index in [2.05, 4.69) is 17.1 Å². The minimum Gasteiger partial charge on any atom is -0.480 e. The van der Waals surface area contributed by atoms with E-state index in [1.54, 1.807) is 14.0 Å². The van der Waals surface area contributed by atoms with Gasteiger partial charge in [-0.05, 0) is 45.6 Å². The fourth-order valence-corrected chi connectivity index (χ4v) is 2.52. The van der Waals surface area contributed by atoms with Gasteiger partial charge in [0.2, 0.25) is 0 Å². The SMILES string of the molecule is CCCNC(C)(CN(CCOC)C(C)C1CC1)C(=O)O. The van der Waals surface area contributed by atoms with Crippen LogP contribution in [0.15, 0.2) is 0 Å². The number of carboxylic acid groups (broad SMARTS) is 1. The average Bonchev–Trinajstić information content (AvgIpc) is 3.24. The van der Waals surface area contributed by atoms with Crippen LogP contribution in [0.25, 0.3) is 0 Å². The highest BCUT2D eigenvalue weighted by Gasteiger charge is 2.39. The zero-order valence-electron chi connectivity index (χ0n) is 13.3. The molecule has 5 nitrogen and oxygen atoms in total. The Morgan fingerprint density at radius 3 is 2.65 bits per heavy atom. The number of rotatable bonds is 11. The molecule has 0 aliphatic heterocycles. The van der Waals surface area contributed by atoms with Gasteiger partial charge in [-0.25, -0.2) is 0 Å². The molecule has 2 atom stereocenters. The molecule has 2 N–H and O–H groups in total. The molecule has 0 heterocycles. The van der Waals surface area contributed by atoms with E-state index in [9.17, 15) is 9.90 Å². The molecule has 1 aliphatic rings. The van der Waals surface area contributed by atoms with Crippen LogP contribution in [0.5, 0.6) is 0 Å². The normalized spacial score (nSPS) is 19.9. The van der Waals surface area contributed by atoms with Crippen molar-refractivity contribution in [2.75, 3.05) is 33.4 Å². The predicted molar refractivity (Wildman–Crippen MR) is 80.0 cm³/mol. The van der Waals surface area contributed by atoms with Gasteiger partial charge in [-0.3, -0.25) is 9.69 Å². The molecule has 0 spiro atoms. The Bertz CT molecular complexity index is 307. The average molecular weight is 286 g/mol. The molecule has 118 valence electrons. The summed E-state index contributed by atoms with van der Waals surface area (Å²) in [6.45, 7) is 8.69. The number of nitrogens with one attached hydrogen (secondary N) is 1. The van der Waals surface area contributed by atoms with E-state index in [4.69, 9.17) is 4.74 Å². The standard InChI is InChI=1S/C15H30N2O3/c1-5-8-16-15(3,14(18)19)11-17(9-10-20-4)12(2)13-6-7-13/h12-13,16H,5-11H2,1-4H3,(H,18,19). The lowest BCUT2D eigenvalue weighted by atomic mass is 9.99. The Morgan fingerprint density at radius 1 is 1.55 bits per heavy atom. The van der Waals surface area contributed by atoms with Crippen LogP contribution in [0.3, 0.4) is 0 Å². The molecule has 0 amide bonds. The smallest absolute Gasteiger partial charge is 0.324 e. The van der Waals surface area contributed by atoms with Gasteiger partial charge in [0.25, 0.3) is 0 Å². The molecule has 1 aliphatic carbocycles. The largest absolute Gasteiger partial charge is 0.480 e. The van der Waals surface area contributed by atoms with Gasteiger partial charge in [-0.2, -0.15) is 0 Å². The molecular weight excluding hydrogens is 256 g/mol. The first-order chi connectivity index (χ1) is 9.44. The second kappa shape index (κ2) is 7.96. The third kappa shape index (κ3) is 5.04. The monoisotopic (exact) mass is 286 g/mol. The lowest BCUT2D eigenvalue weighted by Gasteiger charge is -2.36. The van der Waals surface area contributed by atoms with Gasteiger partial charge in [0.05, 0.1) is 6.61 Å². The summed E-state index contributed by atoms with van der Waals surface area (Å²) in [6.07, 6.45) is 3.45. The maximum Gasteiger partial charge on any atom is 0.324 e. The summed E-state index contributed by atoms with van der Waals surface area (Å²) in [6, 6.07) is 0.423. The minimum atomic E-state index is -0.896. The van der Waals surface area contributed by atoms with E-state index in [-0.39, 0.29) is 0 Å². The van der Waals surface area contributed by atoms with Crippen LogP contribution in [-0.4, -0.2) is 60.9 Å². The van der Waals surface area contributed by atoms with Gasteiger partial charge in [0.15, 0.2) is 0 Å². The molecule has 1 saturated carbocycles. The number of ether oxygens (including phenoxy) is 1. The van der Waals surface area contributed by atoms with Gasteiger partial charge >= 0.3 is 5.97 Å². The van der Waals surface area contributed by atoms with Crippen molar-refractivity contribution < 1.29 is 14.6 Å². The van der Waals surface area contributed by atoms with Gasteiger partial charge in [0, 0.05) is 26.2 Å². The van der Waals surface area contributed by atoms with Crippen molar-refractivity contribution in [2.45, 2.75) is 51.6 Å². The molecule has 0 radical (unpaired) electrons. The molecule has 5 heteroatoms. The molecule has 0 saturated heterocycles. The Hall–Kier alpha value is -0.650. The van der Waals surface area contributed by atoms with Crippen molar-refractivity contribution in [2.24, 2.45) is 5.92 Å². The summed E-state index contributed by atoms with van der Waals surface area (Å²) >= 11 is 0. The molecule has 1 fully saturated rings. The van der Waals surface area contributed by atoms with Crippen LogP contribution in [0.1, 0.15) is 40.0 Å². The summed E-state index contributed by atoms with van der Waals surface area (Å²) < 4.78 is 5.17. The fourth-order valence-electron chi connectivity index (χ4n) is 2.52. The molecule has 0 aromatic heterocycles. The zero-order chi connectivity index (χ0) is 15.2. The van der Waals surface area contributed by atoms with E-state index < -0.39 is 11.5 Å². The lowest BCUT2D eigenvalue weighted by Crippen LogP contribution is -2.59. The number of aliphatic carboxylic acids is 1. The van der Waals surface area contributed by atoms with Gasteiger partial charge in [-0.1, -0.05) is 6.92 Å². The molecule has 0 bridgehead atoms. The van der Waals surface area contributed by atoms with E-state index in [0.29, 0.717) is 19.2 Å². The quantitative estimate of drug-likeness (QED) is 0.604. The summed E-state index contributed by atoms with van der Waals surface area (Å²) in [5.74, 6) is -0.0626. The van der Waals surface area contributed by atoms with Crippen LogP contribution in [0.2, 0.25) is 0 Å². The number of hydrogen-bond donors (Lipinski definition) is 2. The van der Waals surface area contributed by atoms with Crippen LogP contribution in [0.4, 0.5) is 0 Å². The number of hydrogen-bond acceptors (Lipinski definition) is 4. The third-order valence-corrected chi connectivity index (χ3v) is 4.22. The molecular formula is C15H30N2O3. The van der Waals surface area contributed by atoms with Crippen molar-refractivity contribution in [3.8, 4) is 0 Å². The number of carbonyl (C=O) groups is 1. The second-order valence-corrected chi connectivity index (χ2v) is 6.11. The van der Waals surface area contributed by atoms with Gasteiger partial charge in [0.1, 0.15) is 5.54 Å². The second-order valence-electron chi connectivity index (χ2n) is 6.11. The number of carboxylic acids is 1.